The molecule has 0 fully saturated rings. The quantitative estimate of drug-likeness (QED) is 0.881. The van der Waals surface area contributed by atoms with Crippen molar-refractivity contribution in [3.8, 4) is 6.07 Å². The summed E-state index contributed by atoms with van der Waals surface area (Å²) in [5.41, 5.74) is 2.82. The summed E-state index contributed by atoms with van der Waals surface area (Å²) in [6, 6.07) is 16.5. The van der Waals surface area contributed by atoms with Crippen molar-refractivity contribution in [2.24, 2.45) is 0 Å². The summed E-state index contributed by atoms with van der Waals surface area (Å²) in [5, 5.41) is 12.6. The smallest absolute Gasteiger partial charge is 0.144 e. The second-order valence-electron chi connectivity index (χ2n) is 5.85. The third-order valence-corrected chi connectivity index (χ3v) is 3.64. The predicted octanol–water partition coefficient (Wildman–Crippen LogP) is 3.45. The predicted molar refractivity (Wildman–Crippen MR) is 84.6 cm³/mol. The van der Waals surface area contributed by atoms with Crippen LogP contribution < -0.4 is 5.32 Å². The van der Waals surface area contributed by atoms with Crippen molar-refractivity contribution in [3.63, 3.8) is 0 Å². The maximum atomic E-state index is 9.06. The van der Waals surface area contributed by atoms with Crippen molar-refractivity contribution >= 4 is 0 Å². The molecule has 1 heterocycles. The average molecular weight is 279 g/mol. The first-order valence-corrected chi connectivity index (χ1v) is 7.24. The molecule has 1 aromatic carbocycles. The van der Waals surface area contributed by atoms with E-state index >= 15 is 0 Å². The first-order valence-electron chi connectivity index (χ1n) is 7.24. The molecule has 3 heteroatoms. The molecule has 21 heavy (non-hydrogen) atoms. The monoisotopic (exact) mass is 279 g/mol. The molecule has 0 atom stereocenters. The SMILES string of the molecule is CC(C)(CCc1ccccc1)NCc1cccnc1C#N. The minimum absolute atomic E-state index is 0.0123. The van der Waals surface area contributed by atoms with E-state index in [1.807, 2.05) is 18.2 Å². The summed E-state index contributed by atoms with van der Waals surface area (Å²) in [7, 11) is 0. The lowest BCUT2D eigenvalue weighted by Gasteiger charge is -2.26. The average Bonchev–Trinajstić information content (AvgIpc) is 2.52. The van der Waals surface area contributed by atoms with Crippen LogP contribution in [0.1, 0.15) is 37.1 Å². The van der Waals surface area contributed by atoms with Crippen LogP contribution in [0.2, 0.25) is 0 Å². The highest BCUT2D eigenvalue weighted by Crippen LogP contribution is 2.15. The Kier molecular flexibility index (Phi) is 5.08. The van der Waals surface area contributed by atoms with Crippen molar-refractivity contribution in [1.82, 2.24) is 10.3 Å². The first kappa shape index (κ1) is 15.2. The van der Waals surface area contributed by atoms with E-state index in [1.165, 1.54) is 5.56 Å². The van der Waals surface area contributed by atoms with Gasteiger partial charge < -0.3 is 5.32 Å². The van der Waals surface area contributed by atoms with Crippen LogP contribution in [0.15, 0.2) is 48.7 Å². The zero-order chi connectivity index (χ0) is 15.1. The molecule has 1 N–H and O–H groups in total. The number of pyridine rings is 1. The lowest BCUT2D eigenvalue weighted by molar-refractivity contribution is 0.360. The zero-order valence-electron chi connectivity index (χ0n) is 12.6. The van der Waals surface area contributed by atoms with E-state index in [0.29, 0.717) is 12.2 Å². The number of benzene rings is 1. The van der Waals surface area contributed by atoms with Gasteiger partial charge in [0.1, 0.15) is 11.8 Å². The fourth-order valence-electron chi connectivity index (χ4n) is 2.21. The Hall–Kier alpha value is -2.18. The zero-order valence-corrected chi connectivity index (χ0v) is 12.6. The summed E-state index contributed by atoms with van der Waals surface area (Å²) in [6.07, 6.45) is 3.74. The number of aromatic nitrogens is 1. The number of aryl methyl sites for hydroxylation is 1. The van der Waals surface area contributed by atoms with Gasteiger partial charge in [0.05, 0.1) is 0 Å². The van der Waals surface area contributed by atoms with Crippen LogP contribution in [0.5, 0.6) is 0 Å². The molecule has 0 bridgehead atoms. The van der Waals surface area contributed by atoms with E-state index in [2.05, 4.69) is 54.5 Å². The van der Waals surface area contributed by atoms with Gasteiger partial charge in [-0.1, -0.05) is 36.4 Å². The van der Waals surface area contributed by atoms with Gasteiger partial charge in [-0.3, -0.25) is 0 Å². The molecule has 0 aliphatic heterocycles. The Bertz CT molecular complexity index is 612. The van der Waals surface area contributed by atoms with E-state index in [-0.39, 0.29) is 5.54 Å². The highest BCUT2D eigenvalue weighted by molar-refractivity contribution is 5.30. The van der Waals surface area contributed by atoms with Gasteiger partial charge in [-0.05, 0) is 38.3 Å². The fraction of sp³-hybridized carbons (Fsp3) is 0.333. The standard InChI is InChI=1S/C18H21N3/c1-18(2,11-10-15-7-4-3-5-8-15)21-14-16-9-6-12-20-17(16)13-19/h3-9,12,21H,10-11,14H2,1-2H3. The number of hydrogen-bond donors (Lipinski definition) is 1. The summed E-state index contributed by atoms with van der Waals surface area (Å²) in [6.45, 7) is 5.05. The number of rotatable bonds is 6. The Labute approximate surface area is 126 Å². The Morgan fingerprint density at radius 3 is 2.62 bits per heavy atom. The topological polar surface area (TPSA) is 48.7 Å². The van der Waals surface area contributed by atoms with E-state index in [0.717, 1.165) is 18.4 Å². The van der Waals surface area contributed by atoms with Crippen LogP contribution in [-0.4, -0.2) is 10.5 Å². The molecule has 0 amide bonds. The molecule has 3 nitrogen and oxygen atoms in total. The van der Waals surface area contributed by atoms with Crippen LogP contribution in [-0.2, 0) is 13.0 Å². The van der Waals surface area contributed by atoms with E-state index in [1.54, 1.807) is 6.20 Å². The normalized spacial score (nSPS) is 11.1. The summed E-state index contributed by atoms with van der Waals surface area (Å²) in [5.74, 6) is 0. The number of hydrogen-bond acceptors (Lipinski definition) is 3. The molecule has 108 valence electrons. The minimum Gasteiger partial charge on any atom is -0.308 e. The van der Waals surface area contributed by atoms with Gasteiger partial charge >= 0.3 is 0 Å². The molecule has 2 rings (SSSR count). The molecule has 0 saturated heterocycles. The van der Waals surface area contributed by atoms with Crippen LogP contribution >= 0.6 is 0 Å². The molecular formula is C18H21N3. The van der Waals surface area contributed by atoms with Gasteiger partial charge in [-0.2, -0.15) is 5.26 Å². The van der Waals surface area contributed by atoms with Crippen LogP contribution in [0.25, 0.3) is 0 Å². The Morgan fingerprint density at radius 2 is 1.90 bits per heavy atom. The Morgan fingerprint density at radius 1 is 1.14 bits per heavy atom. The van der Waals surface area contributed by atoms with Crippen molar-refractivity contribution < 1.29 is 0 Å². The minimum atomic E-state index is 0.0123. The maximum absolute atomic E-state index is 9.06. The van der Waals surface area contributed by atoms with E-state index < -0.39 is 0 Å². The van der Waals surface area contributed by atoms with Crippen LogP contribution in [0.3, 0.4) is 0 Å². The molecule has 0 aliphatic carbocycles. The number of nitrogens with zero attached hydrogens (tertiary/aromatic N) is 2. The number of nitriles is 1. The fourth-order valence-corrected chi connectivity index (χ4v) is 2.21. The molecule has 0 radical (unpaired) electrons. The summed E-state index contributed by atoms with van der Waals surface area (Å²) < 4.78 is 0. The first-order chi connectivity index (χ1) is 10.1. The van der Waals surface area contributed by atoms with Crippen LogP contribution in [0, 0.1) is 11.3 Å². The molecule has 0 unspecified atom stereocenters. The second-order valence-corrected chi connectivity index (χ2v) is 5.85. The van der Waals surface area contributed by atoms with Crippen molar-refractivity contribution in [2.45, 2.75) is 38.8 Å². The maximum Gasteiger partial charge on any atom is 0.144 e. The number of nitrogens with one attached hydrogen (secondary N) is 1. The van der Waals surface area contributed by atoms with E-state index in [4.69, 9.17) is 5.26 Å². The molecule has 1 aromatic heterocycles. The molecular weight excluding hydrogens is 258 g/mol. The highest BCUT2D eigenvalue weighted by atomic mass is 15.0. The largest absolute Gasteiger partial charge is 0.308 e. The van der Waals surface area contributed by atoms with Gasteiger partial charge in [0, 0.05) is 23.8 Å². The highest BCUT2D eigenvalue weighted by Gasteiger charge is 2.17. The van der Waals surface area contributed by atoms with Crippen LogP contribution in [0.4, 0.5) is 0 Å². The summed E-state index contributed by atoms with van der Waals surface area (Å²) in [4.78, 5) is 4.09. The third kappa shape index (κ3) is 4.70. The molecule has 2 aromatic rings. The lowest BCUT2D eigenvalue weighted by Crippen LogP contribution is -2.39. The van der Waals surface area contributed by atoms with Gasteiger partial charge in [-0.25, -0.2) is 4.98 Å². The third-order valence-electron chi connectivity index (χ3n) is 3.64. The molecule has 0 spiro atoms. The van der Waals surface area contributed by atoms with E-state index in [9.17, 15) is 0 Å². The van der Waals surface area contributed by atoms with Crippen molar-refractivity contribution in [2.75, 3.05) is 0 Å². The lowest BCUT2D eigenvalue weighted by atomic mass is 9.95. The van der Waals surface area contributed by atoms with Gasteiger partial charge in [0.25, 0.3) is 0 Å². The van der Waals surface area contributed by atoms with Crippen molar-refractivity contribution in [3.05, 3.63) is 65.5 Å². The second kappa shape index (κ2) is 7.01. The Balaban J connectivity index is 1.90. The van der Waals surface area contributed by atoms with Crippen molar-refractivity contribution in [1.29, 1.82) is 5.26 Å². The summed E-state index contributed by atoms with van der Waals surface area (Å²) >= 11 is 0. The molecule has 0 saturated carbocycles. The van der Waals surface area contributed by atoms with Gasteiger partial charge in [0.15, 0.2) is 0 Å². The van der Waals surface area contributed by atoms with Gasteiger partial charge in [0.2, 0.25) is 0 Å². The van der Waals surface area contributed by atoms with Gasteiger partial charge in [-0.15, -0.1) is 0 Å². The molecule has 0 aliphatic rings.